The largest absolute Gasteiger partial charge is 0.395 e. The Balaban J connectivity index is 1.71. The minimum absolute atomic E-state index is 0.182. The molecule has 0 amide bonds. The van der Waals surface area contributed by atoms with Crippen molar-refractivity contribution in [2.45, 2.75) is 38.3 Å². The highest BCUT2D eigenvalue weighted by Gasteiger charge is 2.22. The number of aliphatic hydroxyl groups is 1. The summed E-state index contributed by atoms with van der Waals surface area (Å²) in [6.45, 7) is 1.73. The smallest absolute Gasteiger partial charge is 0.241 e. The van der Waals surface area contributed by atoms with E-state index in [1.165, 1.54) is 12.8 Å². The van der Waals surface area contributed by atoms with E-state index >= 15 is 0 Å². The average Bonchev–Trinajstić information content (AvgIpc) is 2.88. The molecule has 6 heteroatoms. The van der Waals surface area contributed by atoms with Gasteiger partial charge in [-0.15, -0.1) is 0 Å². The van der Waals surface area contributed by atoms with E-state index < -0.39 is 0 Å². The molecule has 0 saturated carbocycles. The molecule has 1 aliphatic rings. The molecule has 112 valence electrons. The van der Waals surface area contributed by atoms with E-state index in [2.05, 4.69) is 20.0 Å². The minimum Gasteiger partial charge on any atom is -0.395 e. The van der Waals surface area contributed by atoms with Crippen molar-refractivity contribution in [3.8, 4) is 11.5 Å². The van der Waals surface area contributed by atoms with Crippen molar-refractivity contribution in [3.05, 3.63) is 30.3 Å². The van der Waals surface area contributed by atoms with E-state index in [1.54, 1.807) is 6.20 Å². The summed E-state index contributed by atoms with van der Waals surface area (Å²) in [6, 6.07) is 5.80. The quantitative estimate of drug-likeness (QED) is 0.925. The first kappa shape index (κ1) is 14.2. The molecule has 2 aromatic rings. The van der Waals surface area contributed by atoms with Gasteiger partial charge in [0.25, 0.3) is 0 Å². The number of hydrogen-bond acceptors (Lipinski definition) is 6. The van der Waals surface area contributed by atoms with Crippen molar-refractivity contribution in [3.63, 3.8) is 0 Å². The molecule has 6 nitrogen and oxygen atoms in total. The van der Waals surface area contributed by atoms with Crippen LogP contribution in [0, 0.1) is 0 Å². The summed E-state index contributed by atoms with van der Waals surface area (Å²) in [4.78, 5) is 10.9. The van der Waals surface area contributed by atoms with Crippen LogP contribution in [-0.2, 0) is 6.54 Å². The lowest BCUT2D eigenvalue weighted by molar-refractivity contribution is 0.107. The number of hydrogen-bond donors (Lipinski definition) is 1. The van der Waals surface area contributed by atoms with Crippen molar-refractivity contribution in [2.24, 2.45) is 0 Å². The third-order valence-corrected chi connectivity index (χ3v) is 3.91. The minimum atomic E-state index is 0.182. The Labute approximate surface area is 123 Å². The number of aliphatic hydroxyl groups excluding tert-OH is 1. The lowest BCUT2D eigenvalue weighted by atomic mass is 10.1. The molecule has 0 aromatic carbocycles. The molecule has 1 fully saturated rings. The van der Waals surface area contributed by atoms with Crippen molar-refractivity contribution >= 4 is 0 Å². The van der Waals surface area contributed by atoms with Gasteiger partial charge in [0.2, 0.25) is 11.7 Å². The Bertz CT molecular complexity index is 558. The average molecular weight is 288 g/mol. The van der Waals surface area contributed by atoms with Gasteiger partial charge in [0, 0.05) is 12.2 Å². The molecule has 0 bridgehead atoms. The van der Waals surface area contributed by atoms with Gasteiger partial charge >= 0.3 is 0 Å². The Kier molecular flexibility index (Phi) is 4.57. The summed E-state index contributed by atoms with van der Waals surface area (Å²) in [5.41, 5.74) is 0.710. The number of pyridine rings is 1. The van der Waals surface area contributed by atoms with Crippen LogP contribution in [0.15, 0.2) is 28.9 Å². The second-order valence-electron chi connectivity index (χ2n) is 5.38. The highest BCUT2D eigenvalue weighted by molar-refractivity contribution is 5.46. The molecule has 3 heterocycles. The van der Waals surface area contributed by atoms with Crippen LogP contribution < -0.4 is 0 Å². The lowest BCUT2D eigenvalue weighted by Crippen LogP contribution is -2.37. The number of aromatic nitrogens is 3. The first-order chi connectivity index (χ1) is 10.4. The monoisotopic (exact) mass is 288 g/mol. The first-order valence-corrected chi connectivity index (χ1v) is 7.45. The van der Waals surface area contributed by atoms with Gasteiger partial charge in [-0.2, -0.15) is 4.98 Å². The standard InChI is InChI=1S/C15H20N4O2/c20-11-12-6-2-1-5-9-19(12)10-14-17-15(18-21-14)13-7-3-4-8-16-13/h3-4,7-8,12,20H,1-2,5-6,9-11H2. The first-order valence-electron chi connectivity index (χ1n) is 7.45. The van der Waals surface area contributed by atoms with Gasteiger partial charge in [-0.3, -0.25) is 9.88 Å². The lowest BCUT2D eigenvalue weighted by Gasteiger charge is -2.26. The summed E-state index contributed by atoms with van der Waals surface area (Å²) >= 11 is 0. The third-order valence-electron chi connectivity index (χ3n) is 3.91. The fraction of sp³-hybridized carbons (Fsp3) is 0.533. The maximum atomic E-state index is 9.53. The molecule has 0 aliphatic carbocycles. The van der Waals surface area contributed by atoms with E-state index in [0.717, 1.165) is 19.4 Å². The molecule has 0 radical (unpaired) electrons. The Morgan fingerprint density at radius 3 is 3.05 bits per heavy atom. The van der Waals surface area contributed by atoms with E-state index in [4.69, 9.17) is 4.52 Å². The number of nitrogens with zero attached hydrogens (tertiary/aromatic N) is 4. The van der Waals surface area contributed by atoms with Crippen LogP contribution >= 0.6 is 0 Å². The summed E-state index contributed by atoms with van der Waals surface area (Å²) in [7, 11) is 0. The van der Waals surface area contributed by atoms with E-state index in [1.807, 2.05) is 18.2 Å². The SMILES string of the molecule is OCC1CCCCCN1Cc1nc(-c2ccccn2)no1. The van der Waals surface area contributed by atoms with Crippen molar-refractivity contribution in [1.82, 2.24) is 20.0 Å². The van der Waals surface area contributed by atoms with Gasteiger partial charge in [-0.05, 0) is 31.5 Å². The van der Waals surface area contributed by atoms with Gasteiger partial charge in [0.15, 0.2) is 0 Å². The second kappa shape index (κ2) is 6.78. The highest BCUT2D eigenvalue weighted by Crippen LogP contribution is 2.19. The molecular weight excluding hydrogens is 268 g/mol. The molecule has 2 aromatic heterocycles. The van der Waals surface area contributed by atoms with Gasteiger partial charge in [0.05, 0.1) is 13.2 Å². The van der Waals surface area contributed by atoms with Gasteiger partial charge in [-0.25, -0.2) is 0 Å². The summed E-state index contributed by atoms with van der Waals surface area (Å²) in [5, 5.41) is 13.5. The van der Waals surface area contributed by atoms with Gasteiger partial charge < -0.3 is 9.63 Å². The maximum Gasteiger partial charge on any atom is 0.241 e. The molecule has 1 unspecified atom stereocenters. The molecular formula is C15H20N4O2. The van der Waals surface area contributed by atoms with Crippen LogP contribution in [0.1, 0.15) is 31.6 Å². The Morgan fingerprint density at radius 1 is 1.29 bits per heavy atom. The van der Waals surface area contributed by atoms with E-state index in [-0.39, 0.29) is 12.6 Å². The summed E-state index contributed by atoms with van der Waals surface area (Å²) in [5.74, 6) is 1.09. The molecule has 1 atom stereocenters. The van der Waals surface area contributed by atoms with Crippen molar-refractivity contribution in [2.75, 3.05) is 13.2 Å². The van der Waals surface area contributed by atoms with Crippen molar-refractivity contribution in [1.29, 1.82) is 0 Å². The van der Waals surface area contributed by atoms with E-state index in [0.29, 0.717) is 24.0 Å². The zero-order chi connectivity index (χ0) is 14.5. The van der Waals surface area contributed by atoms with Crippen LogP contribution in [0.3, 0.4) is 0 Å². The fourth-order valence-corrected chi connectivity index (χ4v) is 2.74. The normalized spacial score (nSPS) is 20.3. The van der Waals surface area contributed by atoms with E-state index in [9.17, 15) is 5.11 Å². The summed E-state index contributed by atoms with van der Waals surface area (Å²) in [6.07, 6.45) is 6.28. The van der Waals surface area contributed by atoms with Gasteiger partial charge in [-0.1, -0.05) is 24.1 Å². The number of likely N-dealkylation sites (tertiary alicyclic amines) is 1. The highest BCUT2D eigenvalue weighted by atomic mass is 16.5. The maximum absolute atomic E-state index is 9.53. The summed E-state index contributed by atoms with van der Waals surface area (Å²) < 4.78 is 5.33. The molecule has 1 N–H and O–H groups in total. The fourth-order valence-electron chi connectivity index (χ4n) is 2.74. The topological polar surface area (TPSA) is 75.3 Å². The zero-order valence-electron chi connectivity index (χ0n) is 12.0. The predicted octanol–water partition coefficient (Wildman–Crippen LogP) is 1.87. The van der Waals surface area contributed by atoms with Crippen molar-refractivity contribution < 1.29 is 9.63 Å². The third kappa shape index (κ3) is 3.46. The Hall–Kier alpha value is -1.79. The van der Waals surface area contributed by atoms with Crippen LogP contribution in [0.5, 0.6) is 0 Å². The molecule has 0 spiro atoms. The molecule has 3 rings (SSSR count). The Morgan fingerprint density at radius 2 is 2.24 bits per heavy atom. The number of rotatable bonds is 4. The molecule has 1 aliphatic heterocycles. The second-order valence-corrected chi connectivity index (χ2v) is 5.38. The molecule has 21 heavy (non-hydrogen) atoms. The van der Waals surface area contributed by atoms with Crippen LogP contribution in [0.2, 0.25) is 0 Å². The van der Waals surface area contributed by atoms with Crippen LogP contribution in [0.25, 0.3) is 11.5 Å². The van der Waals surface area contributed by atoms with Crippen LogP contribution in [0.4, 0.5) is 0 Å². The molecule has 1 saturated heterocycles. The predicted molar refractivity (Wildman–Crippen MR) is 77.3 cm³/mol. The zero-order valence-corrected chi connectivity index (χ0v) is 12.0. The van der Waals surface area contributed by atoms with Gasteiger partial charge in [0.1, 0.15) is 5.69 Å². The van der Waals surface area contributed by atoms with Crippen LogP contribution in [-0.4, -0.2) is 44.3 Å².